The molecule has 1 aromatic carbocycles. The Hall–Kier alpha value is -3.10. The molecule has 0 unspecified atom stereocenters. The van der Waals surface area contributed by atoms with Crippen LogP contribution in [0, 0.1) is 5.82 Å². The summed E-state index contributed by atoms with van der Waals surface area (Å²) in [5, 5.41) is 10.0. The molecule has 1 amide bonds. The van der Waals surface area contributed by atoms with E-state index in [1.54, 1.807) is 6.07 Å². The number of aryl methyl sites for hydroxylation is 1. The largest absolute Gasteiger partial charge is 0.322 e. The van der Waals surface area contributed by atoms with E-state index in [9.17, 15) is 14.0 Å². The van der Waals surface area contributed by atoms with Gasteiger partial charge in [0, 0.05) is 6.54 Å². The zero-order valence-corrected chi connectivity index (χ0v) is 12.2. The molecule has 0 aliphatic rings. The number of para-hydroxylation sites is 1. The number of nitrogens with one attached hydrogen (secondary N) is 1. The summed E-state index contributed by atoms with van der Waals surface area (Å²) in [5.41, 5.74) is 0.0335. The van der Waals surface area contributed by atoms with E-state index in [0.717, 1.165) is 4.57 Å². The van der Waals surface area contributed by atoms with Gasteiger partial charge in [0.2, 0.25) is 5.91 Å². The number of anilines is 1. The van der Waals surface area contributed by atoms with E-state index < -0.39 is 17.3 Å². The van der Waals surface area contributed by atoms with E-state index in [1.807, 2.05) is 6.92 Å². The maximum Gasteiger partial charge on any atom is 0.283 e. The molecule has 0 atom stereocenters. The van der Waals surface area contributed by atoms with Crippen LogP contribution in [-0.4, -0.2) is 30.5 Å². The average Bonchev–Trinajstić information content (AvgIpc) is 2.96. The van der Waals surface area contributed by atoms with Crippen molar-refractivity contribution in [3.63, 3.8) is 0 Å². The molecule has 9 heteroatoms. The van der Waals surface area contributed by atoms with Crippen molar-refractivity contribution >= 4 is 22.8 Å². The first-order valence-corrected chi connectivity index (χ1v) is 6.93. The van der Waals surface area contributed by atoms with Crippen LogP contribution in [-0.2, 0) is 17.9 Å². The zero-order valence-electron chi connectivity index (χ0n) is 12.2. The zero-order chi connectivity index (χ0) is 16.4. The van der Waals surface area contributed by atoms with Gasteiger partial charge < -0.3 is 5.32 Å². The Morgan fingerprint density at radius 2 is 2.13 bits per heavy atom. The van der Waals surface area contributed by atoms with Crippen LogP contribution in [0.15, 0.2) is 35.4 Å². The van der Waals surface area contributed by atoms with Gasteiger partial charge in [0.25, 0.3) is 5.56 Å². The van der Waals surface area contributed by atoms with Gasteiger partial charge in [-0.1, -0.05) is 17.3 Å². The number of fused-ring (bicyclic) bond motifs is 1. The quantitative estimate of drug-likeness (QED) is 0.768. The molecule has 23 heavy (non-hydrogen) atoms. The van der Waals surface area contributed by atoms with Crippen molar-refractivity contribution < 1.29 is 9.18 Å². The summed E-state index contributed by atoms with van der Waals surface area (Å²) in [5.74, 6) is -1.09. The monoisotopic (exact) mass is 316 g/mol. The molecule has 3 rings (SSSR count). The number of carbonyl (C=O) groups excluding carboxylic acids is 1. The van der Waals surface area contributed by atoms with Crippen molar-refractivity contribution in [3.05, 3.63) is 46.8 Å². The highest BCUT2D eigenvalue weighted by Gasteiger charge is 2.13. The highest BCUT2D eigenvalue weighted by atomic mass is 19.1. The molecule has 1 N–H and O–H groups in total. The molecule has 0 aliphatic heterocycles. The van der Waals surface area contributed by atoms with Gasteiger partial charge in [0.05, 0.1) is 5.69 Å². The molecule has 0 fully saturated rings. The van der Waals surface area contributed by atoms with Gasteiger partial charge in [-0.25, -0.2) is 14.1 Å². The average molecular weight is 316 g/mol. The lowest BCUT2D eigenvalue weighted by Crippen LogP contribution is -2.28. The summed E-state index contributed by atoms with van der Waals surface area (Å²) in [6, 6.07) is 5.79. The number of nitrogens with zero attached hydrogens (tertiary/aromatic N) is 5. The Morgan fingerprint density at radius 3 is 2.87 bits per heavy atom. The normalized spacial score (nSPS) is 10.9. The topological polar surface area (TPSA) is 94.7 Å². The molecule has 2 heterocycles. The third kappa shape index (κ3) is 2.80. The number of hydrogen-bond donors (Lipinski definition) is 1. The van der Waals surface area contributed by atoms with Crippen LogP contribution in [0.1, 0.15) is 6.92 Å². The fourth-order valence-electron chi connectivity index (χ4n) is 2.12. The molecule has 118 valence electrons. The Balaban J connectivity index is 1.84. The van der Waals surface area contributed by atoms with Crippen molar-refractivity contribution in [2.45, 2.75) is 20.0 Å². The first-order valence-electron chi connectivity index (χ1n) is 6.93. The van der Waals surface area contributed by atoms with Gasteiger partial charge in [-0.05, 0) is 19.1 Å². The minimum Gasteiger partial charge on any atom is -0.322 e. The van der Waals surface area contributed by atoms with Crippen LogP contribution in [0.2, 0.25) is 0 Å². The van der Waals surface area contributed by atoms with Crippen LogP contribution >= 0.6 is 0 Å². The van der Waals surface area contributed by atoms with Crippen molar-refractivity contribution in [1.82, 2.24) is 24.5 Å². The van der Waals surface area contributed by atoms with Gasteiger partial charge in [0.15, 0.2) is 11.2 Å². The smallest absolute Gasteiger partial charge is 0.283 e. The number of carbonyl (C=O) groups is 1. The number of halogens is 1. The summed E-state index contributed by atoms with van der Waals surface area (Å²) >= 11 is 0. The second kappa shape index (κ2) is 5.95. The second-order valence-electron chi connectivity index (χ2n) is 4.78. The Bertz CT molecular complexity index is 932. The maximum atomic E-state index is 13.5. The lowest BCUT2D eigenvalue weighted by Gasteiger charge is -2.07. The predicted molar refractivity (Wildman–Crippen MR) is 80.3 cm³/mol. The summed E-state index contributed by atoms with van der Waals surface area (Å²) in [4.78, 5) is 28.3. The van der Waals surface area contributed by atoms with Gasteiger partial charge in [-0.3, -0.25) is 14.2 Å². The van der Waals surface area contributed by atoms with Gasteiger partial charge >= 0.3 is 0 Å². The van der Waals surface area contributed by atoms with E-state index in [2.05, 4.69) is 20.6 Å². The molecule has 8 nitrogen and oxygen atoms in total. The highest BCUT2D eigenvalue weighted by Crippen LogP contribution is 2.12. The van der Waals surface area contributed by atoms with Gasteiger partial charge in [-0.15, -0.1) is 5.10 Å². The summed E-state index contributed by atoms with van der Waals surface area (Å²) in [7, 11) is 0. The molecule has 3 aromatic rings. The Morgan fingerprint density at radius 1 is 1.35 bits per heavy atom. The van der Waals surface area contributed by atoms with Crippen LogP contribution in [0.5, 0.6) is 0 Å². The fraction of sp³-hybridized carbons (Fsp3) is 0.214. The number of hydrogen-bond acceptors (Lipinski definition) is 5. The van der Waals surface area contributed by atoms with Crippen LogP contribution in [0.3, 0.4) is 0 Å². The Kier molecular flexibility index (Phi) is 3.83. The van der Waals surface area contributed by atoms with E-state index in [1.165, 1.54) is 29.2 Å². The third-order valence-electron chi connectivity index (χ3n) is 3.25. The van der Waals surface area contributed by atoms with Crippen molar-refractivity contribution in [3.8, 4) is 0 Å². The highest BCUT2D eigenvalue weighted by molar-refractivity contribution is 5.90. The first-order chi connectivity index (χ1) is 11.1. The first kappa shape index (κ1) is 14.8. The second-order valence-corrected chi connectivity index (χ2v) is 4.78. The molecule has 2 aromatic heterocycles. The molecule has 0 radical (unpaired) electrons. The van der Waals surface area contributed by atoms with Crippen LogP contribution in [0.25, 0.3) is 11.2 Å². The summed E-state index contributed by atoms with van der Waals surface area (Å²) in [6.45, 7) is 2.08. The maximum absolute atomic E-state index is 13.5. The molecular formula is C14H13FN6O2. The fourth-order valence-corrected chi connectivity index (χ4v) is 2.12. The van der Waals surface area contributed by atoms with Crippen molar-refractivity contribution in [2.24, 2.45) is 0 Å². The number of amides is 1. The lowest BCUT2D eigenvalue weighted by molar-refractivity contribution is -0.116. The van der Waals surface area contributed by atoms with E-state index in [4.69, 9.17) is 0 Å². The predicted octanol–water partition coefficient (Wildman–Crippen LogP) is 0.786. The number of aromatic nitrogens is 5. The van der Waals surface area contributed by atoms with Crippen molar-refractivity contribution in [1.29, 1.82) is 0 Å². The van der Waals surface area contributed by atoms with E-state index in [-0.39, 0.29) is 17.7 Å². The third-order valence-corrected chi connectivity index (χ3v) is 3.25. The van der Waals surface area contributed by atoms with Crippen LogP contribution in [0.4, 0.5) is 10.1 Å². The van der Waals surface area contributed by atoms with Gasteiger partial charge in [-0.2, -0.15) is 0 Å². The standard InChI is InChI=1S/C14H13FN6O2/c1-2-21-13-12(18-19-21)14(23)20(8-16-13)7-11(22)17-10-6-4-3-5-9(10)15/h3-6,8H,2,7H2,1H3,(H,17,22). The molecule has 0 saturated carbocycles. The van der Waals surface area contributed by atoms with E-state index >= 15 is 0 Å². The molecular weight excluding hydrogens is 303 g/mol. The van der Waals surface area contributed by atoms with Crippen LogP contribution < -0.4 is 10.9 Å². The minimum atomic E-state index is -0.548. The molecule has 0 bridgehead atoms. The minimum absolute atomic E-state index is 0.0523. The molecule has 0 spiro atoms. The SMILES string of the molecule is CCn1nnc2c(=O)n(CC(=O)Nc3ccccc3F)cnc21. The molecule has 0 saturated heterocycles. The van der Waals surface area contributed by atoms with E-state index in [0.29, 0.717) is 12.2 Å². The van der Waals surface area contributed by atoms with Crippen molar-refractivity contribution in [2.75, 3.05) is 5.32 Å². The summed E-state index contributed by atoms with van der Waals surface area (Å²) in [6.07, 6.45) is 1.25. The Labute approximate surface area is 129 Å². The summed E-state index contributed by atoms with van der Waals surface area (Å²) < 4.78 is 16.1. The number of rotatable bonds is 4. The number of benzene rings is 1. The molecule has 0 aliphatic carbocycles. The lowest BCUT2D eigenvalue weighted by atomic mass is 10.3. The van der Waals surface area contributed by atoms with Gasteiger partial charge in [0.1, 0.15) is 18.7 Å².